The summed E-state index contributed by atoms with van der Waals surface area (Å²) < 4.78 is 0. The maximum atomic E-state index is 13.4. The molecule has 3 aromatic rings. The molecule has 1 heterocycles. The van der Waals surface area contributed by atoms with Crippen LogP contribution in [0.1, 0.15) is 40.9 Å². The van der Waals surface area contributed by atoms with Gasteiger partial charge >= 0.3 is 0 Å². The summed E-state index contributed by atoms with van der Waals surface area (Å²) in [6.07, 6.45) is 0. The number of amides is 1. The summed E-state index contributed by atoms with van der Waals surface area (Å²) in [5.74, 6) is -0.389. The fourth-order valence-electron chi connectivity index (χ4n) is 4.10. The smallest absolute Gasteiger partial charge is 0.247 e. The summed E-state index contributed by atoms with van der Waals surface area (Å²) in [6.45, 7) is 4.16. The van der Waals surface area contributed by atoms with Crippen molar-refractivity contribution in [2.24, 2.45) is 5.73 Å². The molecule has 3 aromatic carbocycles. The zero-order chi connectivity index (χ0) is 21.5. The lowest BCUT2D eigenvalue weighted by molar-refractivity contribution is -0.137. The number of halogens is 1. The molecular weight excluding hydrogens is 396 g/mol. The van der Waals surface area contributed by atoms with Gasteiger partial charge in [0.1, 0.15) is 5.54 Å². The normalized spacial score (nSPS) is 14.9. The Kier molecular flexibility index (Phi) is 5.22. The van der Waals surface area contributed by atoms with Crippen molar-refractivity contribution in [3.63, 3.8) is 0 Å². The van der Waals surface area contributed by atoms with Gasteiger partial charge in [-0.05, 0) is 36.1 Å². The minimum atomic E-state index is -1.36. The largest absolute Gasteiger partial charge is 0.332 e. The van der Waals surface area contributed by atoms with Crippen LogP contribution in [0, 0.1) is 0 Å². The lowest BCUT2D eigenvalue weighted by atomic mass is 9.86. The van der Waals surface area contributed by atoms with Gasteiger partial charge < -0.3 is 10.6 Å². The molecule has 4 nitrogen and oxygen atoms in total. The van der Waals surface area contributed by atoms with Gasteiger partial charge in [0, 0.05) is 24.2 Å². The van der Waals surface area contributed by atoms with Crippen molar-refractivity contribution in [3.05, 3.63) is 94.0 Å². The Morgan fingerprint density at radius 3 is 2.07 bits per heavy atom. The van der Waals surface area contributed by atoms with Crippen LogP contribution in [-0.2, 0) is 23.4 Å². The number of carbonyl (C=O) groups is 2. The van der Waals surface area contributed by atoms with E-state index in [9.17, 15) is 9.59 Å². The molecule has 0 saturated carbocycles. The van der Waals surface area contributed by atoms with Crippen molar-refractivity contribution in [3.8, 4) is 11.1 Å². The zero-order valence-corrected chi connectivity index (χ0v) is 17.7. The van der Waals surface area contributed by atoms with Crippen molar-refractivity contribution in [2.45, 2.75) is 32.5 Å². The second-order valence-corrected chi connectivity index (χ2v) is 8.28. The predicted molar refractivity (Wildman–Crippen MR) is 119 cm³/mol. The first-order valence-corrected chi connectivity index (χ1v) is 10.2. The topological polar surface area (TPSA) is 63.4 Å². The SMILES string of the molecule is CC(=O)c1c(-c2ccccc2)ccc(C(C)(N)C(=O)N2Cc3ccccc3C2)c1Cl. The summed E-state index contributed by atoms with van der Waals surface area (Å²) in [6, 6.07) is 21.1. The van der Waals surface area contributed by atoms with Crippen LogP contribution in [0.3, 0.4) is 0 Å². The molecule has 1 aliphatic rings. The third-order valence-electron chi connectivity index (χ3n) is 5.71. The molecule has 1 amide bonds. The number of Topliss-reactive ketones (excluding diaryl/α,β-unsaturated/α-hetero) is 1. The number of hydrogen-bond donors (Lipinski definition) is 1. The predicted octanol–water partition coefficient (Wildman–Crippen LogP) is 4.93. The first-order chi connectivity index (χ1) is 14.3. The van der Waals surface area contributed by atoms with Gasteiger partial charge in [-0.3, -0.25) is 9.59 Å². The summed E-state index contributed by atoms with van der Waals surface area (Å²) in [5, 5.41) is 0.235. The van der Waals surface area contributed by atoms with Crippen LogP contribution in [0.15, 0.2) is 66.7 Å². The number of ketones is 1. The Balaban J connectivity index is 1.73. The number of nitrogens with two attached hydrogens (primary N) is 1. The van der Waals surface area contributed by atoms with Gasteiger partial charge in [-0.15, -0.1) is 0 Å². The Bertz CT molecular complexity index is 1110. The molecule has 0 bridgehead atoms. The highest BCUT2D eigenvalue weighted by atomic mass is 35.5. The van der Waals surface area contributed by atoms with Gasteiger partial charge in [0.05, 0.1) is 5.02 Å². The first kappa shape index (κ1) is 20.3. The molecule has 0 aromatic heterocycles. The maximum Gasteiger partial charge on any atom is 0.247 e. The second kappa shape index (κ2) is 7.71. The van der Waals surface area contributed by atoms with E-state index in [4.69, 9.17) is 17.3 Å². The standard InChI is InChI=1S/C25H23ClN2O2/c1-16(29)22-20(17-8-4-3-5-9-17)12-13-21(23(22)26)25(2,27)24(30)28-14-18-10-6-7-11-19(18)15-28/h3-13H,14-15,27H2,1-2H3. The van der Waals surface area contributed by atoms with Gasteiger partial charge in [0.25, 0.3) is 0 Å². The number of benzene rings is 3. The molecular formula is C25H23ClN2O2. The lowest BCUT2D eigenvalue weighted by Crippen LogP contribution is -2.49. The highest BCUT2D eigenvalue weighted by Crippen LogP contribution is 2.37. The van der Waals surface area contributed by atoms with Gasteiger partial charge in [0.15, 0.2) is 5.78 Å². The Morgan fingerprint density at radius 1 is 0.933 bits per heavy atom. The van der Waals surface area contributed by atoms with Crippen LogP contribution in [0.4, 0.5) is 0 Å². The van der Waals surface area contributed by atoms with Gasteiger partial charge in [-0.1, -0.05) is 78.3 Å². The Hall–Kier alpha value is -2.95. The van der Waals surface area contributed by atoms with Crippen LogP contribution in [0.25, 0.3) is 11.1 Å². The zero-order valence-electron chi connectivity index (χ0n) is 17.0. The molecule has 5 heteroatoms. The third-order valence-corrected chi connectivity index (χ3v) is 6.10. The molecule has 152 valence electrons. The number of nitrogens with zero attached hydrogens (tertiary/aromatic N) is 1. The number of rotatable bonds is 4. The van der Waals surface area contributed by atoms with Crippen LogP contribution in [0.2, 0.25) is 5.02 Å². The fourth-order valence-corrected chi connectivity index (χ4v) is 4.59. The van der Waals surface area contributed by atoms with Crippen molar-refractivity contribution in [1.82, 2.24) is 4.90 Å². The fraction of sp³-hybridized carbons (Fsp3) is 0.200. The van der Waals surface area contributed by atoms with E-state index in [0.717, 1.165) is 22.3 Å². The van der Waals surface area contributed by atoms with Crippen LogP contribution in [-0.4, -0.2) is 16.6 Å². The lowest BCUT2D eigenvalue weighted by Gasteiger charge is -2.31. The molecule has 1 aliphatic heterocycles. The third kappa shape index (κ3) is 3.42. The minimum absolute atomic E-state index is 0.169. The average molecular weight is 419 g/mol. The summed E-state index contributed by atoms with van der Waals surface area (Å²) >= 11 is 6.71. The quantitative estimate of drug-likeness (QED) is 0.611. The molecule has 30 heavy (non-hydrogen) atoms. The van der Waals surface area contributed by atoms with E-state index in [2.05, 4.69) is 0 Å². The van der Waals surface area contributed by atoms with E-state index in [1.165, 1.54) is 6.92 Å². The molecule has 4 rings (SSSR count). The molecule has 1 atom stereocenters. The van der Waals surface area contributed by atoms with Crippen molar-refractivity contribution in [2.75, 3.05) is 0 Å². The van der Waals surface area contributed by atoms with Crippen molar-refractivity contribution in [1.29, 1.82) is 0 Å². The van der Waals surface area contributed by atoms with E-state index >= 15 is 0 Å². The summed E-state index contributed by atoms with van der Waals surface area (Å²) in [4.78, 5) is 27.6. The first-order valence-electron chi connectivity index (χ1n) is 9.85. The average Bonchev–Trinajstić information content (AvgIpc) is 3.17. The Labute approximate surface area is 181 Å². The number of fused-ring (bicyclic) bond motifs is 1. The summed E-state index contributed by atoms with van der Waals surface area (Å²) in [7, 11) is 0. The van der Waals surface area contributed by atoms with Gasteiger partial charge in [0.2, 0.25) is 5.91 Å². The highest BCUT2D eigenvalue weighted by molar-refractivity contribution is 6.36. The number of hydrogen-bond acceptors (Lipinski definition) is 3. The van der Waals surface area contributed by atoms with Crippen LogP contribution >= 0.6 is 11.6 Å². The van der Waals surface area contributed by atoms with E-state index in [1.54, 1.807) is 17.9 Å². The van der Waals surface area contributed by atoms with E-state index in [0.29, 0.717) is 24.2 Å². The minimum Gasteiger partial charge on any atom is -0.332 e. The van der Waals surface area contributed by atoms with E-state index in [-0.39, 0.29) is 16.7 Å². The molecule has 0 fully saturated rings. The van der Waals surface area contributed by atoms with Crippen molar-refractivity contribution >= 4 is 23.3 Å². The summed E-state index contributed by atoms with van der Waals surface area (Å²) in [5.41, 5.74) is 9.90. The molecule has 0 radical (unpaired) electrons. The second-order valence-electron chi connectivity index (χ2n) is 7.90. The van der Waals surface area contributed by atoms with E-state index in [1.807, 2.05) is 60.7 Å². The molecule has 0 aliphatic carbocycles. The molecule has 1 unspecified atom stereocenters. The molecule has 2 N–H and O–H groups in total. The highest BCUT2D eigenvalue weighted by Gasteiger charge is 2.39. The Morgan fingerprint density at radius 2 is 1.50 bits per heavy atom. The molecule has 0 spiro atoms. The maximum absolute atomic E-state index is 13.4. The van der Waals surface area contributed by atoms with Crippen LogP contribution in [0.5, 0.6) is 0 Å². The number of carbonyl (C=O) groups excluding carboxylic acids is 2. The van der Waals surface area contributed by atoms with Gasteiger partial charge in [-0.2, -0.15) is 0 Å². The van der Waals surface area contributed by atoms with E-state index < -0.39 is 5.54 Å². The molecule has 0 saturated heterocycles. The van der Waals surface area contributed by atoms with Crippen LogP contribution < -0.4 is 5.73 Å². The van der Waals surface area contributed by atoms with Crippen molar-refractivity contribution < 1.29 is 9.59 Å². The monoisotopic (exact) mass is 418 g/mol. The van der Waals surface area contributed by atoms with Gasteiger partial charge in [-0.25, -0.2) is 0 Å².